The van der Waals surface area contributed by atoms with Gasteiger partial charge in [-0.15, -0.1) is 10.2 Å². The van der Waals surface area contributed by atoms with E-state index in [1.54, 1.807) is 0 Å². The van der Waals surface area contributed by atoms with Crippen molar-refractivity contribution in [2.45, 2.75) is 25.3 Å². The second-order valence-corrected chi connectivity index (χ2v) is 4.79. The third-order valence-electron chi connectivity index (χ3n) is 2.51. The summed E-state index contributed by atoms with van der Waals surface area (Å²) in [5.41, 5.74) is 6.66. The van der Waals surface area contributed by atoms with E-state index in [2.05, 4.69) is 20.8 Å². The Morgan fingerprint density at radius 1 is 1.59 bits per heavy atom. The number of hydrogen-bond acceptors (Lipinski definition) is 5. The number of primary amides is 1. The number of nitrogens with zero attached hydrogens (tertiary/aromatic N) is 2. The number of carbonyl (C=O) groups excluding carboxylic acids is 2. The summed E-state index contributed by atoms with van der Waals surface area (Å²) in [6.45, 7) is 0. The van der Waals surface area contributed by atoms with Gasteiger partial charge in [0.1, 0.15) is 5.51 Å². The van der Waals surface area contributed by atoms with Crippen LogP contribution >= 0.6 is 11.3 Å². The molecule has 1 heterocycles. The highest BCUT2D eigenvalue weighted by Crippen LogP contribution is 2.33. The number of nitrogens with two attached hydrogens (primary N) is 1. The van der Waals surface area contributed by atoms with E-state index in [4.69, 9.17) is 5.73 Å². The molecule has 7 nitrogen and oxygen atoms in total. The van der Waals surface area contributed by atoms with Crippen LogP contribution in [0.3, 0.4) is 0 Å². The molecule has 1 aromatic heterocycles. The molecular weight excluding hydrogens is 242 g/mol. The molecule has 1 aliphatic rings. The molecular formula is C9H13N5O2S. The fourth-order valence-electron chi connectivity index (χ4n) is 1.58. The van der Waals surface area contributed by atoms with Crippen LogP contribution in [0.5, 0.6) is 0 Å². The lowest BCUT2D eigenvalue weighted by atomic mass is 10.1. The van der Waals surface area contributed by atoms with Crippen LogP contribution in [0.25, 0.3) is 0 Å². The van der Waals surface area contributed by atoms with Crippen LogP contribution in [0.1, 0.15) is 19.3 Å². The minimum absolute atomic E-state index is 0.175. The monoisotopic (exact) mass is 255 g/mol. The van der Waals surface area contributed by atoms with Crippen molar-refractivity contribution in [1.29, 1.82) is 0 Å². The van der Waals surface area contributed by atoms with Gasteiger partial charge in [0.2, 0.25) is 11.0 Å². The van der Waals surface area contributed by atoms with Crippen molar-refractivity contribution in [2.75, 3.05) is 5.32 Å². The topological polar surface area (TPSA) is 110 Å². The summed E-state index contributed by atoms with van der Waals surface area (Å²) in [6.07, 6.45) is 2.22. The number of amides is 3. The Balaban J connectivity index is 1.84. The molecule has 0 bridgehead atoms. The summed E-state index contributed by atoms with van der Waals surface area (Å²) in [6, 6.07) is -0.555. The van der Waals surface area contributed by atoms with Crippen molar-refractivity contribution in [3.63, 3.8) is 0 Å². The Bertz CT molecular complexity index is 404. The fraction of sp³-hybridized carbons (Fsp3) is 0.556. The van der Waals surface area contributed by atoms with Crippen molar-refractivity contribution < 1.29 is 9.59 Å². The molecule has 0 aliphatic heterocycles. The lowest BCUT2D eigenvalue weighted by Crippen LogP contribution is -2.41. The van der Waals surface area contributed by atoms with Gasteiger partial charge in [-0.2, -0.15) is 0 Å². The van der Waals surface area contributed by atoms with Gasteiger partial charge < -0.3 is 11.1 Å². The fourth-order valence-corrected chi connectivity index (χ4v) is 2.02. The molecule has 8 heteroatoms. The molecule has 1 saturated carbocycles. The third kappa shape index (κ3) is 3.66. The smallest absolute Gasteiger partial charge is 0.321 e. The number of rotatable bonds is 5. The van der Waals surface area contributed by atoms with Crippen LogP contribution in [-0.4, -0.2) is 28.2 Å². The highest BCUT2D eigenvalue weighted by atomic mass is 32.1. The van der Waals surface area contributed by atoms with Crippen LogP contribution in [-0.2, 0) is 4.79 Å². The summed E-state index contributed by atoms with van der Waals surface area (Å²) in [5, 5.41) is 13.0. The van der Waals surface area contributed by atoms with Crippen molar-refractivity contribution in [1.82, 2.24) is 15.5 Å². The Kier molecular flexibility index (Phi) is 3.52. The molecule has 1 aromatic rings. The van der Waals surface area contributed by atoms with Crippen molar-refractivity contribution in [2.24, 2.45) is 11.7 Å². The van der Waals surface area contributed by atoms with Gasteiger partial charge in [0.15, 0.2) is 0 Å². The maximum atomic E-state index is 11.6. The van der Waals surface area contributed by atoms with Gasteiger partial charge in [0.05, 0.1) is 0 Å². The van der Waals surface area contributed by atoms with Gasteiger partial charge in [-0.25, -0.2) is 4.79 Å². The molecule has 0 aromatic carbocycles. The van der Waals surface area contributed by atoms with Crippen LogP contribution in [0, 0.1) is 5.92 Å². The quantitative estimate of drug-likeness (QED) is 0.703. The molecule has 0 spiro atoms. The number of aromatic nitrogens is 2. The van der Waals surface area contributed by atoms with E-state index in [1.807, 2.05) is 0 Å². The zero-order chi connectivity index (χ0) is 12.3. The molecule has 1 atom stereocenters. The first-order chi connectivity index (χ1) is 8.15. The molecule has 4 N–H and O–H groups in total. The SMILES string of the molecule is NC(=O)C[C@@H](NC(=O)Nc1nncs1)C1CC1. The van der Waals surface area contributed by atoms with Gasteiger partial charge in [0, 0.05) is 12.5 Å². The lowest BCUT2D eigenvalue weighted by molar-refractivity contribution is -0.118. The Morgan fingerprint density at radius 2 is 2.35 bits per heavy atom. The molecule has 1 aliphatic carbocycles. The van der Waals surface area contributed by atoms with Gasteiger partial charge in [-0.1, -0.05) is 11.3 Å². The first kappa shape index (κ1) is 11.8. The minimum atomic E-state index is -0.405. The van der Waals surface area contributed by atoms with Crippen molar-refractivity contribution in [3.8, 4) is 0 Å². The second-order valence-electron chi connectivity index (χ2n) is 3.96. The predicted molar refractivity (Wildman–Crippen MR) is 62.4 cm³/mol. The van der Waals surface area contributed by atoms with Gasteiger partial charge in [-0.3, -0.25) is 10.1 Å². The number of carbonyl (C=O) groups is 2. The zero-order valence-corrected chi connectivity index (χ0v) is 9.87. The maximum absolute atomic E-state index is 11.6. The summed E-state index contributed by atoms with van der Waals surface area (Å²) in [4.78, 5) is 22.5. The van der Waals surface area contributed by atoms with Crippen molar-refractivity contribution in [3.05, 3.63) is 5.51 Å². The van der Waals surface area contributed by atoms with E-state index in [1.165, 1.54) is 16.8 Å². The van der Waals surface area contributed by atoms with Gasteiger partial charge >= 0.3 is 6.03 Å². The molecule has 0 radical (unpaired) electrons. The third-order valence-corrected chi connectivity index (χ3v) is 3.12. The Morgan fingerprint density at radius 3 is 2.88 bits per heavy atom. The van der Waals surface area contributed by atoms with E-state index >= 15 is 0 Å². The molecule has 92 valence electrons. The highest BCUT2D eigenvalue weighted by Gasteiger charge is 2.33. The summed E-state index contributed by atoms with van der Waals surface area (Å²) >= 11 is 1.23. The normalized spacial score (nSPS) is 16.2. The largest absolute Gasteiger partial charge is 0.370 e. The van der Waals surface area contributed by atoms with Crippen LogP contribution in [0.4, 0.5) is 9.93 Å². The molecule has 3 amide bonds. The maximum Gasteiger partial charge on any atom is 0.321 e. The first-order valence-corrected chi connectivity index (χ1v) is 6.15. The van der Waals surface area contributed by atoms with Crippen LogP contribution in [0.15, 0.2) is 5.51 Å². The molecule has 1 fully saturated rings. The van der Waals surface area contributed by atoms with Crippen LogP contribution in [0.2, 0.25) is 0 Å². The number of nitrogens with one attached hydrogen (secondary N) is 2. The molecule has 17 heavy (non-hydrogen) atoms. The number of anilines is 1. The van der Waals surface area contributed by atoms with E-state index in [9.17, 15) is 9.59 Å². The molecule has 2 rings (SSSR count). The van der Waals surface area contributed by atoms with Crippen molar-refractivity contribution >= 4 is 28.4 Å². The highest BCUT2D eigenvalue weighted by molar-refractivity contribution is 7.13. The lowest BCUT2D eigenvalue weighted by Gasteiger charge is -2.16. The van der Waals surface area contributed by atoms with E-state index in [0.29, 0.717) is 11.0 Å². The number of urea groups is 1. The zero-order valence-electron chi connectivity index (χ0n) is 9.05. The number of hydrogen-bond donors (Lipinski definition) is 3. The standard InChI is InChI=1S/C9H13N5O2S/c10-7(15)3-6(5-1-2-5)12-8(16)13-9-14-11-4-17-9/h4-6H,1-3H2,(H2,10,15)(H2,12,13,14,16)/t6-/m1/s1. The average Bonchev–Trinajstić information content (AvgIpc) is 2.97. The second kappa shape index (κ2) is 5.09. The first-order valence-electron chi connectivity index (χ1n) is 5.27. The molecule has 0 saturated heterocycles. The average molecular weight is 255 g/mol. The van der Waals surface area contributed by atoms with Gasteiger partial charge in [-0.05, 0) is 18.8 Å². The van der Waals surface area contributed by atoms with E-state index < -0.39 is 5.91 Å². The summed E-state index contributed by atoms with van der Waals surface area (Å²) in [5.74, 6) is -0.0409. The molecule has 0 unspecified atom stereocenters. The van der Waals surface area contributed by atoms with Gasteiger partial charge in [0.25, 0.3) is 0 Å². The van der Waals surface area contributed by atoms with Crippen LogP contribution < -0.4 is 16.4 Å². The Hall–Kier alpha value is -1.70. The predicted octanol–water partition coefficient (Wildman–Crippen LogP) is 0.314. The summed E-state index contributed by atoms with van der Waals surface area (Å²) < 4.78 is 0. The van der Waals surface area contributed by atoms with E-state index in [0.717, 1.165) is 12.8 Å². The Labute approximate surface area is 102 Å². The minimum Gasteiger partial charge on any atom is -0.370 e. The summed E-state index contributed by atoms with van der Waals surface area (Å²) in [7, 11) is 0. The van der Waals surface area contributed by atoms with E-state index in [-0.39, 0.29) is 18.5 Å².